The second kappa shape index (κ2) is 5.26. The number of sulfonamides is 1. The number of methoxy groups -OCH3 is 1. The molecule has 100 valence electrons. The van der Waals surface area contributed by atoms with E-state index in [2.05, 4.69) is 0 Å². The number of nitrogens with zero attached hydrogens (tertiary/aromatic N) is 1. The summed E-state index contributed by atoms with van der Waals surface area (Å²) in [5.74, 6) is 0.620. The van der Waals surface area contributed by atoms with Crippen LogP contribution in [0.15, 0.2) is 29.2 Å². The third-order valence-electron chi connectivity index (χ3n) is 2.94. The smallest absolute Gasteiger partial charge is 0.243 e. The minimum absolute atomic E-state index is 0.0456. The van der Waals surface area contributed by atoms with Gasteiger partial charge in [-0.1, -0.05) is 0 Å². The van der Waals surface area contributed by atoms with E-state index in [0.29, 0.717) is 5.75 Å². The fraction of sp³-hybridized carbons (Fsp3) is 0.500. The number of rotatable bonds is 6. The van der Waals surface area contributed by atoms with Crippen LogP contribution in [-0.4, -0.2) is 44.1 Å². The van der Waals surface area contributed by atoms with Crippen molar-refractivity contribution in [1.29, 1.82) is 0 Å². The molecule has 6 heteroatoms. The highest BCUT2D eigenvalue weighted by molar-refractivity contribution is 7.89. The summed E-state index contributed by atoms with van der Waals surface area (Å²) < 4.78 is 31.1. The minimum Gasteiger partial charge on any atom is -0.497 e. The molecule has 1 aromatic carbocycles. The van der Waals surface area contributed by atoms with Crippen molar-refractivity contribution in [3.8, 4) is 5.75 Å². The molecular formula is C12H17NO4S. The average Bonchev–Trinajstić information content (AvgIpc) is 3.20. The van der Waals surface area contributed by atoms with Crippen molar-refractivity contribution < 1.29 is 18.3 Å². The van der Waals surface area contributed by atoms with Gasteiger partial charge in [0.05, 0.1) is 18.6 Å². The highest BCUT2D eigenvalue weighted by Gasteiger charge is 2.37. The van der Waals surface area contributed by atoms with E-state index >= 15 is 0 Å². The molecule has 1 aliphatic carbocycles. The Labute approximate surface area is 107 Å². The lowest BCUT2D eigenvalue weighted by atomic mass is 10.3. The molecule has 0 saturated heterocycles. The molecule has 0 atom stereocenters. The van der Waals surface area contributed by atoms with Crippen molar-refractivity contribution in [3.63, 3.8) is 0 Å². The zero-order valence-electron chi connectivity index (χ0n) is 10.2. The maximum atomic E-state index is 12.4. The first-order valence-electron chi connectivity index (χ1n) is 5.86. The molecule has 0 radical (unpaired) electrons. The predicted octanol–water partition coefficient (Wildman–Crippen LogP) is 0.841. The third-order valence-corrected chi connectivity index (χ3v) is 4.91. The lowest BCUT2D eigenvalue weighted by Gasteiger charge is -2.20. The molecule has 0 spiro atoms. The minimum atomic E-state index is -3.51. The van der Waals surface area contributed by atoms with Crippen LogP contribution in [-0.2, 0) is 10.0 Å². The Morgan fingerprint density at radius 1 is 1.33 bits per heavy atom. The first-order valence-corrected chi connectivity index (χ1v) is 7.30. The van der Waals surface area contributed by atoms with Gasteiger partial charge in [-0.2, -0.15) is 4.31 Å². The van der Waals surface area contributed by atoms with E-state index in [1.54, 1.807) is 12.1 Å². The Hall–Kier alpha value is -1.11. The zero-order valence-corrected chi connectivity index (χ0v) is 11.1. The molecule has 0 heterocycles. The third kappa shape index (κ3) is 2.66. The summed E-state index contributed by atoms with van der Waals surface area (Å²) in [5.41, 5.74) is 0. The van der Waals surface area contributed by atoms with Crippen LogP contribution in [0, 0.1) is 0 Å². The molecule has 0 unspecified atom stereocenters. The van der Waals surface area contributed by atoms with Gasteiger partial charge in [0.2, 0.25) is 10.0 Å². The van der Waals surface area contributed by atoms with Gasteiger partial charge in [0.15, 0.2) is 0 Å². The second-order valence-electron chi connectivity index (χ2n) is 4.25. The van der Waals surface area contributed by atoms with Crippen LogP contribution in [0.1, 0.15) is 12.8 Å². The van der Waals surface area contributed by atoms with Gasteiger partial charge < -0.3 is 9.84 Å². The molecule has 1 saturated carbocycles. The molecule has 1 aromatic rings. The first kappa shape index (κ1) is 13.3. The van der Waals surface area contributed by atoms with Gasteiger partial charge >= 0.3 is 0 Å². The zero-order chi connectivity index (χ0) is 13.2. The van der Waals surface area contributed by atoms with Crippen molar-refractivity contribution >= 4 is 10.0 Å². The van der Waals surface area contributed by atoms with Gasteiger partial charge in [-0.15, -0.1) is 0 Å². The van der Waals surface area contributed by atoms with Gasteiger partial charge in [-0.25, -0.2) is 8.42 Å². The highest BCUT2D eigenvalue weighted by atomic mass is 32.2. The van der Waals surface area contributed by atoms with E-state index in [0.717, 1.165) is 12.8 Å². The molecule has 18 heavy (non-hydrogen) atoms. The lowest BCUT2D eigenvalue weighted by molar-refractivity contribution is 0.250. The molecule has 2 rings (SSSR count). The summed E-state index contributed by atoms with van der Waals surface area (Å²) >= 11 is 0. The number of hydrogen-bond donors (Lipinski definition) is 1. The Bertz CT molecular complexity index is 493. The molecule has 1 N–H and O–H groups in total. The summed E-state index contributed by atoms with van der Waals surface area (Å²) in [4.78, 5) is 0.239. The second-order valence-corrected chi connectivity index (χ2v) is 6.14. The number of hydrogen-bond acceptors (Lipinski definition) is 4. The van der Waals surface area contributed by atoms with Crippen molar-refractivity contribution in [2.75, 3.05) is 20.3 Å². The maximum Gasteiger partial charge on any atom is 0.243 e. The van der Waals surface area contributed by atoms with Gasteiger partial charge in [0.1, 0.15) is 5.75 Å². The van der Waals surface area contributed by atoms with Gasteiger partial charge in [-0.05, 0) is 37.1 Å². The van der Waals surface area contributed by atoms with Gasteiger partial charge in [0, 0.05) is 12.6 Å². The Kier molecular flexibility index (Phi) is 3.89. The van der Waals surface area contributed by atoms with E-state index in [1.165, 1.54) is 23.5 Å². The van der Waals surface area contributed by atoms with Crippen molar-refractivity contribution in [2.45, 2.75) is 23.8 Å². The van der Waals surface area contributed by atoms with Gasteiger partial charge in [0.25, 0.3) is 0 Å². The Morgan fingerprint density at radius 3 is 2.39 bits per heavy atom. The standard InChI is InChI=1S/C12H17NO4S/c1-17-11-4-6-12(7-5-11)18(15,16)13(8-9-14)10-2-3-10/h4-7,10,14H,2-3,8-9H2,1H3. The normalized spacial score (nSPS) is 15.9. The van der Waals surface area contributed by atoms with E-state index in [1.807, 2.05) is 0 Å². The number of ether oxygens (including phenoxy) is 1. The fourth-order valence-corrected chi connectivity index (χ4v) is 3.52. The largest absolute Gasteiger partial charge is 0.497 e. The Balaban J connectivity index is 2.27. The average molecular weight is 271 g/mol. The molecule has 1 aliphatic rings. The molecule has 5 nitrogen and oxygen atoms in total. The van der Waals surface area contributed by atoms with Crippen LogP contribution in [0.3, 0.4) is 0 Å². The van der Waals surface area contributed by atoms with Crippen LogP contribution < -0.4 is 4.74 Å². The van der Waals surface area contributed by atoms with E-state index < -0.39 is 10.0 Å². The summed E-state index contributed by atoms with van der Waals surface area (Å²) in [6, 6.07) is 6.35. The van der Waals surface area contributed by atoms with Crippen molar-refractivity contribution in [2.24, 2.45) is 0 Å². The molecule has 0 amide bonds. The van der Waals surface area contributed by atoms with Crippen molar-refractivity contribution in [1.82, 2.24) is 4.31 Å². The quantitative estimate of drug-likeness (QED) is 0.832. The summed E-state index contributed by atoms with van der Waals surface area (Å²) in [7, 11) is -1.97. The summed E-state index contributed by atoms with van der Waals surface area (Å²) in [6.45, 7) is -0.00901. The predicted molar refractivity (Wildman–Crippen MR) is 67.0 cm³/mol. The topological polar surface area (TPSA) is 66.8 Å². The van der Waals surface area contributed by atoms with Crippen molar-refractivity contribution in [3.05, 3.63) is 24.3 Å². The number of aliphatic hydroxyl groups is 1. The summed E-state index contributed by atoms with van der Waals surface area (Å²) in [6.07, 6.45) is 1.74. The molecule has 0 bridgehead atoms. The van der Waals surface area contributed by atoms with Crippen LogP contribution in [0.4, 0.5) is 0 Å². The summed E-state index contributed by atoms with van der Waals surface area (Å²) in [5, 5.41) is 8.98. The Morgan fingerprint density at radius 2 is 1.94 bits per heavy atom. The molecule has 1 fully saturated rings. The van der Waals surface area contributed by atoms with Crippen LogP contribution in [0.5, 0.6) is 5.75 Å². The van der Waals surface area contributed by atoms with Gasteiger partial charge in [-0.3, -0.25) is 0 Å². The van der Waals surface area contributed by atoms with Crippen LogP contribution in [0.2, 0.25) is 0 Å². The van der Waals surface area contributed by atoms with E-state index in [9.17, 15) is 8.42 Å². The maximum absolute atomic E-state index is 12.4. The highest BCUT2D eigenvalue weighted by Crippen LogP contribution is 2.32. The SMILES string of the molecule is COc1ccc(S(=O)(=O)N(CCO)C2CC2)cc1. The fourth-order valence-electron chi connectivity index (χ4n) is 1.84. The van der Waals surface area contributed by atoms with Crippen LogP contribution >= 0.6 is 0 Å². The molecule has 0 aromatic heterocycles. The van der Waals surface area contributed by atoms with E-state index in [-0.39, 0.29) is 24.1 Å². The lowest BCUT2D eigenvalue weighted by Crippen LogP contribution is -2.35. The molecule has 0 aliphatic heterocycles. The van der Waals surface area contributed by atoms with Crippen LogP contribution in [0.25, 0.3) is 0 Å². The molecular weight excluding hydrogens is 254 g/mol. The monoisotopic (exact) mass is 271 g/mol. The number of benzene rings is 1. The first-order chi connectivity index (χ1) is 8.59. The van der Waals surface area contributed by atoms with E-state index in [4.69, 9.17) is 9.84 Å². The number of aliphatic hydroxyl groups excluding tert-OH is 1.